The van der Waals surface area contributed by atoms with Gasteiger partial charge in [-0.1, -0.05) is 11.6 Å². The van der Waals surface area contributed by atoms with E-state index < -0.39 is 22.7 Å². The van der Waals surface area contributed by atoms with Crippen LogP contribution in [-0.2, 0) is 10.9 Å². The van der Waals surface area contributed by atoms with Crippen molar-refractivity contribution >= 4 is 23.4 Å². The highest BCUT2D eigenvalue weighted by Gasteiger charge is 2.33. The molecule has 1 aromatic heterocycles. The number of ether oxygens (including phenoxy) is 1. The SMILES string of the molecule is COC(=O)c1ncn(-c2ccc(Cl)c(C(F)(F)F)c2)c1N. The van der Waals surface area contributed by atoms with Crippen LogP contribution in [0.15, 0.2) is 24.5 Å². The number of nitrogens with two attached hydrogens (primary N) is 1. The molecule has 2 rings (SSSR count). The largest absolute Gasteiger partial charge is 0.464 e. The van der Waals surface area contributed by atoms with Gasteiger partial charge in [0.25, 0.3) is 0 Å². The number of nitrogen functional groups attached to an aromatic ring is 1. The van der Waals surface area contributed by atoms with E-state index in [-0.39, 0.29) is 17.2 Å². The van der Waals surface area contributed by atoms with Gasteiger partial charge in [-0.15, -0.1) is 0 Å². The van der Waals surface area contributed by atoms with Gasteiger partial charge in [0.1, 0.15) is 12.1 Å². The molecule has 0 spiro atoms. The van der Waals surface area contributed by atoms with Crippen LogP contribution in [0.5, 0.6) is 0 Å². The maximum absolute atomic E-state index is 12.8. The molecule has 0 bridgehead atoms. The molecule has 0 amide bonds. The molecule has 0 aliphatic rings. The molecule has 1 heterocycles. The molecule has 0 radical (unpaired) electrons. The van der Waals surface area contributed by atoms with E-state index in [1.807, 2.05) is 0 Å². The standard InChI is InChI=1S/C12H9ClF3N3O2/c1-21-11(20)9-10(17)19(5-18-9)6-2-3-8(13)7(4-6)12(14,15)16/h2-5H,17H2,1H3. The summed E-state index contributed by atoms with van der Waals surface area (Å²) in [7, 11) is 1.14. The van der Waals surface area contributed by atoms with E-state index in [0.717, 1.165) is 30.1 Å². The quantitative estimate of drug-likeness (QED) is 0.864. The average Bonchev–Trinajstić information content (AvgIpc) is 2.79. The highest BCUT2D eigenvalue weighted by molar-refractivity contribution is 6.31. The van der Waals surface area contributed by atoms with E-state index in [9.17, 15) is 18.0 Å². The monoisotopic (exact) mass is 319 g/mol. The van der Waals surface area contributed by atoms with Crippen LogP contribution in [0.1, 0.15) is 16.1 Å². The number of alkyl halides is 3. The number of nitrogens with zero attached hydrogens (tertiary/aromatic N) is 2. The number of methoxy groups -OCH3 is 1. The lowest BCUT2D eigenvalue weighted by Crippen LogP contribution is -2.09. The number of anilines is 1. The van der Waals surface area contributed by atoms with Crippen molar-refractivity contribution in [2.75, 3.05) is 12.8 Å². The molecule has 21 heavy (non-hydrogen) atoms. The van der Waals surface area contributed by atoms with Gasteiger partial charge >= 0.3 is 12.1 Å². The third-order valence-corrected chi connectivity index (χ3v) is 3.05. The van der Waals surface area contributed by atoms with Crippen LogP contribution < -0.4 is 5.73 Å². The van der Waals surface area contributed by atoms with Crippen LogP contribution in [0, 0.1) is 0 Å². The van der Waals surface area contributed by atoms with Crippen molar-refractivity contribution < 1.29 is 22.7 Å². The second kappa shape index (κ2) is 5.28. The Morgan fingerprint density at radius 1 is 1.43 bits per heavy atom. The molecule has 0 aliphatic heterocycles. The minimum atomic E-state index is -4.60. The molecule has 0 aliphatic carbocycles. The van der Waals surface area contributed by atoms with Crippen LogP contribution in [0.25, 0.3) is 5.69 Å². The van der Waals surface area contributed by atoms with Gasteiger partial charge in [0, 0.05) is 5.69 Å². The molecule has 0 fully saturated rings. The first kappa shape index (κ1) is 15.2. The van der Waals surface area contributed by atoms with Crippen molar-refractivity contribution in [1.82, 2.24) is 9.55 Å². The highest BCUT2D eigenvalue weighted by Crippen LogP contribution is 2.36. The lowest BCUT2D eigenvalue weighted by molar-refractivity contribution is -0.137. The Morgan fingerprint density at radius 3 is 2.67 bits per heavy atom. The van der Waals surface area contributed by atoms with Gasteiger partial charge in [0.05, 0.1) is 17.7 Å². The number of benzene rings is 1. The third-order valence-electron chi connectivity index (χ3n) is 2.72. The fraction of sp³-hybridized carbons (Fsp3) is 0.167. The van der Waals surface area contributed by atoms with E-state index in [4.69, 9.17) is 17.3 Å². The average molecular weight is 320 g/mol. The topological polar surface area (TPSA) is 70.1 Å². The summed E-state index contributed by atoms with van der Waals surface area (Å²) in [6.45, 7) is 0. The van der Waals surface area contributed by atoms with Crippen molar-refractivity contribution in [2.24, 2.45) is 0 Å². The lowest BCUT2D eigenvalue weighted by Gasteiger charge is -2.12. The first-order chi connectivity index (χ1) is 9.75. The zero-order valence-electron chi connectivity index (χ0n) is 10.6. The lowest BCUT2D eigenvalue weighted by atomic mass is 10.2. The number of aromatic nitrogens is 2. The van der Waals surface area contributed by atoms with Crippen molar-refractivity contribution in [2.45, 2.75) is 6.18 Å². The van der Waals surface area contributed by atoms with Crippen LogP contribution in [0.4, 0.5) is 19.0 Å². The molecule has 5 nitrogen and oxygen atoms in total. The zero-order chi connectivity index (χ0) is 15.8. The van der Waals surface area contributed by atoms with Crippen LogP contribution in [0.3, 0.4) is 0 Å². The van der Waals surface area contributed by atoms with Crippen LogP contribution in [0.2, 0.25) is 5.02 Å². The van der Waals surface area contributed by atoms with E-state index in [2.05, 4.69) is 9.72 Å². The van der Waals surface area contributed by atoms with Gasteiger partial charge in [-0.25, -0.2) is 9.78 Å². The number of imidazole rings is 1. The van der Waals surface area contributed by atoms with Gasteiger partial charge in [0.15, 0.2) is 5.69 Å². The van der Waals surface area contributed by atoms with Crippen molar-refractivity contribution in [3.05, 3.63) is 40.8 Å². The predicted octanol–water partition coefficient (Wildman–Crippen LogP) is 2.91. The van der Waals surface area contributed by atoms with Gasteiger partial charge in [-0.05, 0) is 18.2 Å². The molecule has 0 unspecified atom stereocenters. The second-order valence-electron chi connectivity index (χ2n) is 4.00. The van der Waals surface area contributed by atoms with E-state index >= 15 is 0 Å². The van der Waals surface area contributed by atoms with Crippen LogP contribution >= 0.6 is 11.6 Å². The predicted molar refractivity (Wildman–Crippen MR) is 69.3 cm³/mol. The summed E-state index contributed by atoms with van der Waals surface area (Å²) in [4.78, 5) is 15.1. The molecule has 2 N–H and O–H groups in total. The molecule has 0 atom stereocenters. The minimum absolute atomic E-state index is 0.0758. The Morgan fingerprint density at radius 2 is 2.10 bits per heavy atom. The van der Waals surface area contributed by atoms with Crippen molar-refractivity contribution in [3.8, 4) is 5.69 Å². The Labute approximate surface area is 122 Å². The number of carbonyl (C=O) groups is 1. The summed E-state index contributed by atoms with van der Waals surface area (Å²) >= 11 is 5.54. The number of hydrogen-bond donors (Lipinski definition) is 1. The minimum Gasteiger partial charge on any atom is -0.464 e. The number of esters is 1. The number of carbonyl (C=O) groups excluding carboxylic acids is 1. The Bertz CT molecular complexity index is 698. The van der Waals surface area contributed by atoms with Gasteiger partial charge in [0.2, 0.25) is 0 Å². The molecule has 2 aromatic rings. The summed E-state index contributed by atoms with van der Waals surface area (Å²) < 4.78 is 44.1. The molecule has 1 aromatic carbocycles. The van der Waals surface area contributed by atoms with Gasteiger partial charge in [-0.3, -0.25) is 4.57 Å². The fourth-order valence-corrected chi connectivity index (χ4v) is 1.92. The fourth-order valence-electron chi connectivity index (χ4n) is 1.70. The molecule has 9 heteroatoms. The molecular formula is C12H9ClF3N3O2. The summed E-state index contributed by atoms with van der Waals surface area (Å²) in [5.41, 5.74) is 4.59. The van der Waals surface area contributed by atoms with Crippen molar-refractivity contribution in [1.29, 1.82) is 0 Å². The van der Waals surface area contributed by atoms with E-state index in [1.165, 1.54) is 6.07 Å². The van der Waals surface area contributed by atoms with Crippen molar-refractivity contribution in [3.63, 3.8) is 0 Å². The number of hydrogen-bond acceptors (Lipinski definition) is 4. The summed E-state index contributed by atoms with van der Waals surface area (Å²) in [6, 6.07) is 3.25. The number of halogens is 4. The first-order valence-electron chi connectivity index (χ1n) is 5.54. The zero-order valence-corrected chi connectivity index (χ0v) is 11.4. The summed E-state index contributed by atoms with van der Waals surface area (Å²) in [5.74, 6) is -0.909. The smallest absolute Gasteiger partial charge is 0.417 e. The van der Waals surface area contributed by atoms with Gasteiger partial charge in [-0.2, -0.15) is 13.2 Å². The molecule has 0 saturated heterocycles. The van der Waals surface area contributed by atoms with E-state index in [1.54, 1.807) is 0 Å². The Hall–Kier alpha value is -2.22. The second-order valence-corrected chi connectivity index (χ2v) is 4.41. The first-order valence-corrected chi connectivity index (χ1v) is 5.91. The van der Waals surface area contributed by atoms with Crippen LogP contribution in [-0.4, -0.2) is 22.6 Å². The molecular weight excluding hydrogens is 311 g/mol. The van der Waals surface area contributed by atoms with E-state index in [0.29, 0.717) is 0 Å². The Kier molecular flexibility index (Phi) is 3.82. The molecule has 0 saturated carbocycles. The maximum atomic E-state index is 12.8. The highest BCUT2D eigenvalue weighted by atomic mass is 35.5. The summed E-state index contributed by atoms with van der Waals surface area (Å²) in [6.07, 6.45) is -3.47. The Balaban J connectivity index is 2.54. The summed E-state index contributed by atoms with van der Waals surface area (Å²) in [5, 5.41) is -0.432. The molecule has 112 valence electrons. The number of rotatable bonds is 2. The van der Waals surface area contributed by atoms with Gasteiger partial charge < -0.3 is 10.5 Å². The maximum Gasteiger partial charge on any atom is 0.417 e. The third kappa shape index (κ3) is 2.80. The normalized spacial score (nSPS) is 11.5.